The Balaban J connectivity index is 2.22. The van der Waals surface area contributed by atoms with Gasteiger partial charge in [-0.3, -0.25) is 9.36 Å². The zero-order valence-electron chi connectivity index (χ0n) is 10.7. The van der Waals surface area contributed by atoms with Crippen LogP contribution in [-0.4, -0.2) is 9.55 Å². The van der Waals surface area contributed by atoms with Crippen LogP contribution in [0.2, 0.25) is 0 Å². The Morgan fingerprint density at radius 1 is 0.900 bits per heavy atom. The summed E-state index contributed by atoms with van der Waals surface area (Å²) in [6.07, 6.45) is 1.71. The van der Waals surface area contributed by atoms with Gasteiger partial charge in [0.1, 0.15) is 0 Å². The average molecular weight is 263 g/mol. The Labute approximate surface area is 116 Å². The van der Waals surface area contributed by atoms with Crippen LogP contribution in [0, 0.1) is 0 Å². The lowest BCUT2D eigenvalue weighted by Crippen LogP contribution is -2.22. The molecule has 0 saturated carbocycles. The number of benzene rings is 2. The molecule has 2 N–H and O–H groups in total. The fraction of sp³-hybridized carbons (Fsp3) is 0. The molecule has 0 saturated heterocycles. The Morgan fingerprint density at radius 3 is 2.15 bits per heavy atom. The van der Waals surface area contributed by atoms with E-state index in [2.05, 4.69) is 4.98 Å². The molecule has 3 aromatic rings. The van der Waals surface area contributed by atoms with Gasteiger partial charge in [-0.05, 0) is 12.1 Å². The van der Waals surface area contributed by atoms with Crippen molar-refractivity contribution in [3.05, 3.63) is 77.2 Å². The van der Waals surface area contributed by atoms with Crippen molar-refractivity contribution < 1.29 is 0 Å². The first kappa shape index (κ1) is 12.2. The summed E-state index contributed by atoms with van der Waals surface area (Å²) in [6.45, 7) is 0. The van der Waals surface area contributed by atoms with E-state index >= 15 is 0 Å². The van der Waals surface area contributed by atoms with E-state index in [0.717, 1.165) is 11.3 Å². The van der Waals surface area contributed by atoms with E-state index in [-0.39, 0.29) is 11.4 Å². The largest absolute Gasteiger partial charge is 0.379 e. The summed E-state index contributed by atoms with van der Waals surface area (Å²) in [7, 11) is 0. The van der Waals surface area contributed by atoms with Crippen LogP contribution in [0.4, 0.5) is 5.82 Å². The predicted molar refractivity (Wildman–Crippen MR) is 79.7 cm³/mol. The maximum Gasteiger partial charge on any atom is 0.297 e. The van der Waals surface area contributed by atoms with Crippen molar-refractivity contribution in [2.75, 3.05) is 5.73 Å². The van der Waals surface area contributed by atoms with Crippen LogP contribution in [0.3, 0.4) is 0 Å². The second-order valence-corrected chi connectivity index (χ2v) is 4.39. The topological polar surface area (TPSA) is 60.9 Å². The summed E-state index contributed by atoms with van der Waals surface area (Å²) in [5.41, 5.74) is 7.80. The second-order valence-electron chi connectivity index (χ2n) is 4.39. The number of anilines is 1. The molecule has 98 valence electrons. The van der Waals surface area contributed by atoms with Crippen LogP contribution in [0.15, 0.2) is 71.7 Å². The van der Waals surface area contributed by atoms with Crippen LogP contribution >= 0.6 is 0 Å². The summed E-state index contributed by atoms with van der Waals surface area (Å²) in [4.78, 5) is 16.3. The van der Waals surface area contributed by atoms with Crippen molar-refractivity contribution in [1.82, 2.24) is 9.55 Å². The van der Waals surface area contributed by atoms with Crippen LogP contribution in [-0.2, 0) is 0 Å². The van der Waals surface area contributed by atoms with Gasteiger partial charge in [-0.1, -0.05) is 48.5 Å². The molecule has 0 aliphatic carbocycles. The fourth-order valence-corrected chi connectivity index (χ4v) is 2.04. The monoisotopic (exact) mass is 263 g/mol. The Bertz CT molecular complexity index is 780. The molecule has 0 bridgehead atoms. The van der Waals surface area contributed by atoms with Crippen molar-refractivity contribution in [1.29, 1.82) is 0 Å². The van der Waals surface area contributed by atoms with E-state index in [4.69, 9.17) is 5.73 Å². The predicted octanol–water partition coefficient (Wildman–Crippen LogP) is 2.48. The first-order chi connectivity index (χ1) is 9.75. The Morgan fingerprint density at radius 2 is 1.50 bits per heavy atom. The highest BCUT2D eigenvalue weighted by Crippen LogP contribution is 2.17. The van der Waals surface area contributed by atoms with E-state index in [1.54, 1.807) is 6.20 Å². The highest BCUT2D eigenvalue weighted by Gasteiger charge is 2.08. The number of hydrogen-bond acceptors (Lipinski definition) is 3. The summed E-state index contributed by atoms with van der Waals surface area (Å²) < 4.78 is 1.52. The maximum absolute atomic E-state index is 12.1. The average Bonchev–Trinajstić information content (AvgIpc) is 2.51. The van der Waals surface area contributed by atoms with Crippen molar-refractivity contribution in [3.8, 4) is 16.9 Å². The van der Waals surface area contributed by atoms with Crippen LogP contribution in [0.25, 0.3) is 16.9 Å². The number of nitrogen functional groups attached to an aromatic ring is 1. The molecule has 0 unspecified atom stereocenters. The van der Waals surface area contributed by atoms with E-state index in [0.29, 0.717) is 5.69 Å². The zero-order chi connectivity index (χ0) is 13.9. The molecular formula is C16H13N3O. The smallest absolute Gasteiger partial charge is 0.297 e. The number of nitrogens with two attached hydrogens (primary N) is 1. The number of aromatic nitrogens is 2. The molecule has 0 spiro atoms. The normalized spacial score (nSPS) is 10.4. The van der Waals surface area contributed by atoms with Crippen molar-refractivity contribution >= 4 is 5.82 Å². The molecule has 1 heterocycles. The van der Waals surface area contributed by atoms with Gasteiger partial charge < -0.3 is 5.73 Å². The summed E-state index contributed by atoms with van der Waals surface area (Å²) >= 11 is 0. The molecular weight excluding hydrogens is 250 g/mol. The number of hydrogen-bond donors (Lipinski definition) is 1. The summed E-state index contributed by atoms with van der Waals surface area (Å²) in [5.74, 6) is -0.00444. The standard InChI is InChI=1S/C16H13N3O/c17-15-16(20)19(13-9-5-2-6-10-13)11-14(18-15)12-7-3-1-4-8-12/h1-11H,(H2,17,18). The van der Waals surface area contributed by atoms with Crippen molar-refractivity contribution in [3.63, 3.8) is 0 Å². The van der Waals surface area contributed by atoms with Gasteiger partial charge in [0.2, 0.25) is 0 Å². The molecule has 0 radical (unpaired) electrons. The van der Waals surface area contributed by atoms with Crippen molar-refractivity contribution in [2.45, 2.75) is 0 Å². The van der Waals surface area contributed by atoms with E-state index in [1.165, 1.54) is 4.57 Å². The van der Waals surface area contributed by atoms with Gasteiger partial charge in [-0.15, -0.1) is 0 Å². The number of nitrogens with zero attached hydrogens (tertiary/aromatic N) is 2. The molecule has 4 nitrogen and oxygen atoms in total. The lowest BCUT2D eigenvalue weighted by Gasteiger charge is -2.09. The number of rotatable bonds is 2. The van der Waals surface area contributed by atoms with Gasteiger partial charge >= 0.3 is 0 Å². The minimum absolute atomic E-state index is 0.00444. The second kappa shape index (κ2) is 5.01. The lowest BCUT2D eigenvalue weighted by molar-refractivity contribution is 0.968. The molecule has 4 heteroatoms. The highest BCUT2D eigenvalue weighted by atomic mass is 16.1. The van der Waals surface area contributed by atoms with Gasteiger partial charge in [-0.25, -0.2) is 4.98 Å². The third-order valence-corrected chi connectivity index (χ3v) is 3.03. The van der Waals surface area contributed by atoms with Crippen LogP contribution in [0.5, 0.6) is 0 Å². The van der Waals surface area contributed by atoms with Gasteiger partial charge in [0.05, 0.1) is 5.69 Å². The lowest BCUT2D eigenvalue weighted by atomic mass is 10.1. The minimum Gasteiger partial charge on any atom is -0.379 e. The molecule has 0 fully saturated rings. The van der Waals surface area contributed by atoms with E-state index < -0.39 is 0 Å². The van der Waals surface area contributed by atoms with Crippen LogP contribution < -0.4 is 11.3 Å². The number of para-hydroxylation sites is 1. The molecule has 2 aromatic carbocycles. The van der Waals surface area contributed by atoms with E-state index in [9.17, 15) is 4.79 Å². The molecule has 0 atom stereocenters. The Kier molecular flexibility index (Phi) is 3.05. The quantitative estimate of drug-likeness (QED) is 0.772. The summed E-state index contributed by atoms with van der Waals surface area (Å²) in [5, 5.41) is 0. The maximum atomic E-state index is 12.1. The van der Waals surface area contributed by atoms with Crippen LogP contribution in [0.1, 0.15) is 0 Å². The summed E-state index contributed by atoms with van der Waals surface area (Å²) in [6, 6.07) is 19.0. The first-order valence-corrected chi connectivity index (χ1v) is 6.26. The SMILES string of the molecule is Nc1nc(-c2ccccc2)cn(-c2ccccc2)c1=O. The fourth-order valence-electron chi connectivity index (χ4n) is 2.04. The Hall–Kier alpha value is -2.88. The van der Waals surface area contributed by atoms with E-state index in [1.807, 2.05) is 60.7 Å². The molecule has 1 aromatic heterocycles. The van der Waals surface area contributed by atoms with Gasteiger partial charge in [0, 0.05) is 17.4 Å². The third-order valence-electron chi connectivity index (χ3n) is 3.03. The first-order valence-electron chi connectivity index (χ1n) is 6.26. The molecule has 0 aliphatic heterocycles. The molecule has 0 aliphatic rings. The zero-order valence-corrected chi connectivity index (χ0v) is 10.7. The third kappa shape index (κ3) is 2.19. The molecule has 0 amide bonds. The van der Waals surface area contributed by atoms with Gasteiger partial charge in [-0.2, -0.15) is 0 Å². The highest BCUT2D eigenvalue weighted by molar-refractivity contribution is 5.60. The van der Waals surface area contributed by atoms with Gasteiger partial charge in [0.15, 0.2) is 5.82 Å². The molecule has 3 rings (SSSR count). The molecule has 20 heavy (non-hydrogen) atoms. The van der Waals surface area contributed by atoms with Gasteiger partial charge in [0.25, 0.3) is 5.56 Å². The minimum atomic E-state index is -0.309. The van der Waals surface area contributed by atoms with Crippen molar-refractivity contribution in [2.24, 2.45) is 0 Å².